The molecule has 0 aliphatic rings. The molecule has 0 rings (SSSR count). The van der Waals surface area contributed by atoms with Crippen molar-refractivity contribution in [3.8, 4) is 0 Å². The second kappa shape index (κ2) is 16.1. The molecule has 1 N–H and O–H groups in total. The third-order valence-corrected chi connectivity index (χ3v) is 0.461. The molecule has 3 heteroatoms. The molecule has 0 radical (unpaired) electrons. The SMILES string of the molecule is CN[C-]=[V].[CH3-].[U+2]. The van der Waals surface area contributed by atoms with E-state index in [4.69, 9.17) is 0 Å². The first-order valence-electron chi connectivity index (χ1n) is 0.974. The van der Waals surface area contributed by atoms with Crippen LogP contribution < -0.4 is 5.32 Å². The Morgan fingerprint density at radius 1 is 1.67 bits per heavy atom. The molecule has 0 amide bonds. The van der Waals surface area contributed by atoms with Gasteiger partial charge >= 0.3 is 65.3 Å². The van der Waals surface area contributed by atoms with Gasteiger partial charge in [0, 0.05) is 0 Å². The Morgan fingerprint density at radius 3 is 1.83 bits per heavy atom. The quantitative estimate of drug-likeness (QED) is 0.514. The molecule has 0 saturated heterocycles. The summed E-state index contributed by atoms with van der Waals surface area (Å²) in [5.41, 5.74) is 0. The maximum atomic E-state index is 2.65. The Balaban J connectivity index is -0.0000000450. The maximum absolute atomic E-state index is 2.65. The zero-order chi connectivity index (χ0) is 3.41. The van der Waals surface area contributed by atoms with Crippen molar-refractivity contribution < 1.29 is 48.1 Å². The van der Waals surface area contributed by atoms with Crippen molar-refractivity contribution in [1.29, 1.82) is 0 Å². The van der Waals surface area contributed by atoms with Crippen LogP contribution in [0.5, 0.6) is 0 Å². The first kappa shape index (κ1) is 15.7. The van der Waals surface area contributed by atoms with Gasteiger partial charge in [-0.15, -0.1) is 0 Å². The Kier molecular flexibility index (Phi) is 41.9. The Bertz CT molecular complexity index is 24.8. The van der Waals surface area contributed by atoms with Gasteiger partial charge in [0.25, 0.3) is 0 Å². The molecule has 6 heavy (non-hydrogen) atoms. The predicted molar refractivity (Wildman–Crippen MR) is 20.5 cm³/mol. The number of hydrogen-bond acceptors (Lipinski definition) is 1. The molecule has 0 fully saturated rings. The summed E-state index contributed by atoms with van der Waals surface area (Å²) in [7, 11) is 1.80. The molecule has 0 bridgehead atoms. The Hall–Kier alpha value is 1.47. The van der Waals surface area contributed by atoms with Crippen LogP contribution in [0.1, 0.15) is 0 Å². The van der Waals surface area contributed by atoms with E-state index < -0.39 is 0 Å². The van der Waals surface area contributed by atoms with Crippen LogP contribution in [0.15, 0.2) is 0 Å². The summed E-state index contributed by atoms with van der Waals surface area (Å²) in [6.45, 7) is 0. The molecule has 0 aromatic heterocycles. The van der Waals surface area contributed by atoms with Crippen LogP contribution in [0, 0.1) is 38.5 Å². The fraction of sp³-hybridized carbons (Fsp3) is 0.333. The predicted octanol–water partition coefficient (Wildman–Crippen LogP) is -0.160. The maximum Gasteiger partial charge on any atom is 2.00 e. The average Bonchev–Trinajstić information content (AvgIpc) is 1.37. The number of nitrogens with one attached hydrogen (secondary N) is 1. The summed E-state index contributed by atoms with van der Waals surface area (Å²) in [5.74, 6) is 0. The van der Waals surface area contributed by atoms with E-state index in [-0.39, 0.29) is 38.5 Å². The summed E-state index contributed by atoms with van der Waals surface area (Å²) < 4.78 is 0. The Morgan fingerprint density at radius 2 is 1.83 bits per heavy atom. The molecule has 1 nitrogen and oxygen atoms in total. The first-order chi connectivity index (χ1) is 1.91. The van der Waals surface area contributed by atoms with Gasteiger partial charge in [0.15, 0.2) is 0 Å². The van der Waals surface area contributed by atoms with E-state index in [0.29, 0.717) is 0 Å². The minimum absolute atomic E-state index is 0. The minimum atomic E-state index is 0. The normalized spacial score (nSPS) is 4.00. The third kappa shape index (κ3) is 17.9. The molecule has 0 aromatic rings. The molecular weight excluding hydrogens is 339 g/mol. The van der Waals surface area contributed by atoms with Crippen molar-refractivity contribution in [3.63, 3.8) is 0 Å². The molecule has 0 aliphatic heterocycles. The van der Waals surface area contributed by atoms with Gasteiger partial charge in [0.1, 0.15) is 0 Å². The summed E-state index contributed by atoms with van der Waals surface area (Å²) in [5, 5.41) is 2.65. The average molecular weight is 346 g/mol. The largest absolute Gasteiger partial charge is 2.00 e. The molecule has 0 aromatic carbocycles. The van der Waals surface area contributed by atoms with Gasteiger partial charge in [-0.05, 0) is 0 Å². The Labute approximate surface area is 72.1 Å². The minimum Gasteiger partial charge on any atom is -0.358 e. The second-order valence-electron chi connectivity index (χ2n) is 0.362. The van der Waals surface area contributed by atoms with Gasteiger partial charge in [-0.25, -0.2) is 0 Å². The van der Waals surface area contributed by atoms with E-state index >= 15 is 0 Å². The molecular formula is C3H7NUV. The van der Waals surface area contributed by atoms with Gasteiger partial charge in [-0.3, -0.25) is 0 Å². The van der Waals surface area contributed by atoms with Crippen LogP contribution in [0.4, 0.5) is 0 Å². The fourth-order valence-corrected chi connectivity index (χ4v) is 0. The van der Waals surface area contributed by atoms with E-state index in [1.165, 1.54) is 0 Å². The molecule has 0 spiro atoms. The van der Waals surface area contributed by atoms with E-state index in [1.54, 1.807) is 7.05 Å². The van der Waals surface area contributed by atoms with Gasteiger partial charge < -0.3 is 7.43 Å². The van der Waals surface area contributed by atoms with Crippen molar-refractivity contribution in [2.45, 2.75) is 0 Å². The molecule has 0 saturated carbocycles. The molecule has 0 atom stereocenters. The smallest absolute Gasteiger partial charge is 0.358 e. The van der Waals surface area contributed by atoms with Crippen LogP contribution in [0.25, 0.3) is 0 Å². The summed E-state index contributed by atoms with van der Waals surface area (Å²) >= 11 is 2.18. The van der Waals surface area contributed by atoms with E-state index in [2.05, 4.69) is 27.1 Å². The summed E-state index contributed by atoms with van der Waals surface area (Å²) in [4.78, 5) is 2.62. The van der Waals surface area contributed by atoms with Gasteiger partial charge in [-0.2, -0.15) is 0 Å². The van der Waals surface area contributed by atoms with Crippen molar-refractivity contribution in [2.75, 3.05) is 7.05 Å². The fourth-order valence-electron chi connectivity index (χ4n) is 0. The standard InChI is InChI=1S/C2H4N.CH3.U.V/c1-3-2;;;/h3H,1H3;1H3;;/q2*-1;+2;. The van der Waals surface area contributed by atoms with Gasteiger partial charge in [0.2, 0.25) is 0 Å². The third-order valence-electron chi connectivity index (χ3n) is 0.112. The summed E-state index contributed by atoms with van der Waals surface area (Å²) in [6.07, 6.45) is 0. The van der Waals surface area contributed by atoms with Crippen molar-refractivity contribution in [1.82, 2.24) is 5.32 Å². The molecule has 0 heterocycles. The zero-order valence-corrected chi connectivity index (χ0v) is 9.51. The van der Waals surface area contributed by atoms with Crippen molar-refractivity contribution >= 4 is 4.85 Å². The second-order valence-corrected chi connectivity index (χ2v) is 0.711. The van der Waals surface area contributed by atoms with Crippen LogP contribution in [-0.2, 0) is 17.0 Å². The molecule has 0 unspecified atom stereocenters. The number of rotatable bonds is 1. The van der Waals surface area contributed by atoms with E-state index in [9.17, 15) is 0 Å². The first-order valence-corrected chi connectivity index (χ1v) is 1.67. The summed E-state index contributed by atoms with van der Waals surface area (Å²) in [6, 6.07) is 0. The zero-order valence-electron chi connectivity index (χ0n) is 3.95. The van der Waals surface area contributed by atoms with Crippen molar-refractivity contribution in [2.24, 2.45) is 0 Å². The van der Waals surface area contributed by atoms with Crippen LogP contribution in [0.2, 0.25) is 0 Å². The van der Waals surface area contributed by atoms with E-state index in [0.717, 1.165) is 0 Å². The van der Waals surface area contributed by atoms with E-state index in [1.807, 2.05) is 0 Å². The van der Waals surface area contributed by atoms with Crippen LogP contribution in [0.3, 0.4) is 0 Å². The van der Waals surface area contributed by atoms with Gasteiger partial charge in [-0.1, -0.05) is 0 Å². The monoisotopic (exact) mass is 346 g/mol. The number of hydrogen-bond donors (Lipinski definition) is 1. The van der Waals surface area contributed by atoms with Gasteiger partial charge in [0.05, 0.1) is 0 Å². The molecule has 33 valence electrons. The van der Waals surface area contributed by atoms with Crippen LogP contribution >= 0.6 is 0 Å². The molecule has 0 aliphatic carbocycles. The van der Waals surface area contributed by atoms with Crippen molar-refractivity contribution in [3.05, 3.63) is 7.43 Å². The topological polar surface area (TPSA) is 12.0 Å². The van der Waals surface area contributed by atoms with Crippen LogP contribution in [-0.4, -0.2) is 11.9 Å².